The summed E-state index contributed by atoms with van der Waals surface area (Å²) in [4.78, 5) is 0. The topological polar surface area (TPSA) is 52.0 Å². The van der Waals surface area contributed by atoms with E-state index in [1.807, 2.05) is 0 Å². The van der Waals surface area contributed by atoms with Crippen molar-refractivity contribution in [2.24, 2.45) is 11.5 Å². The number of alkyl halides is 2. The number of hydrogen-bond donors (Lipinski definition) is 2. The van der Waals surface area contributed by atoms with Crippen LogP contribution in [0.3, 0.4) is 0 Å². The summed E-state index contributed by atoms with van der Waals surface area (Å²) in [5.41, 5.74) is 9.73. The summed E-state index contributed by atoms with van der Waals surface area (Å²) in [5.74, 6) is -2.55. The molecule has 0 spiro atoms. The van der Waals surface area contributed by atoms with E-state index in [4.69, 9.17) is 11.5 Å². The van der Waals surface area contributed by atoms with Gasteiger partial charge in [-0.15, -0.1) is 0 Å². The van der Waals surface area contributed by atoms with Crippen molar-refractivity contribution in [1.29, 1.82) is 0 Å². The van der Waals surface area contributed by atoms with Crippen LogP contribution >= 0.6 is 0 Å². The van der Waals surface area contributed by atoms with Gasteiger partial charge >= 0.3 is 0 Å². The van der Waals surface area contributed by atoms with Gasteiger partial charge in [0, 0.05) is 24.9 Å². The second kappa shape index (κ2) is 1.64. The van der Waals surface area contributed by atoms with Crippen molar-refractivity contribution in [1.82, 2.24) is 0 Å². The molecule has 9 heavy (non-hydrogen) atoms. The molecule has 0 aromatic rings. The summed E-state index contributed by atoms with van der Waals surface area (Å²) >= 11 is 0. The lowest BCUT2D eigenvalue weighted by molar-refractivity contribution is -0.118. The molecule has 1 fully saturated rings. The first kappa shape index (κ1) is 6.89. The summed E-state index contributed by atoms with van der Waals surface area (Å²) in [7, 11) is 0. The Morgan fingerprint density at radius 1 is 1.33 bits per heavy atom. The molecule has 0 bridgehead atoms. The Kier molecular flexibility index (Phi) is 1.25. The molecular formula is C5H10F2N2. The Morgan fingerprint density at radius 2 is 1.78 bits per heavy atom. The molecule has 4 N–H and O–H groups in total. The Labute approximate surface area is 52.2 Å². The zero-order valence-corrected chi connectivity index (χ0v) is 5.03. The predicted molar refractivity (Wildman–Crippen MR) is 30.2 cm³/mol. The average Bonchev–Trinajstić information content (AvgIpc) is 1.61. The van der Waals surface area contributed by atoms with Gasteiger partial charge in [-0.05, 0) is 0 Å². The molecule has 4 heteroatoms. The number of rotatable bonds is 1. The quantitative estimate of drug-likeness (QED) is 0.536. The maximum Gasteiger partial charge on any atom is 0.251 e. The van der Waals surface area contributed by atoms with Crippen LogP contribution in [0.5, 0.6) is 0 Å². The smallest absolute Gasteiger partial charge is 0.251 e. The average molecular weight is 136 g/mol. The highest BCUT2D eigenvalue weighted by Crippen LogP contribution is 2.43. The van der Waals surface area contributed by atoms with Gasteiger partial charge in [0.25, 0.3) is 5.92 Å². The molecule has 1 rings (SSSR count). The van der Waals surface area contributed by atoms with Gasteiger partial charge in [-0.1, -0.05) is 0 Å². The molecule has 0 unspecified atom stereocenters. The molecule has 2 nitrogen and oxygen atoms in total. The van der Waals surface area contributed by atoms with Gasteiger partial charge in [-0.2, -0.15) is 0 Å². The van der Waals surface area contributed by atoms with Crippen LogP contribution in [-0.4, -0.2) is 18.0 Å². The minimum Gasteiger partial charge on any atom is -0.329 e. The highest BCUT2D eigenvalue weighted by molar-refractivity contribution is 5.03. The Bertz CT molecular complexity index is 116. The van der Waals surface area contributed by atoms with Crippen LogP contribution in [0.2, 0.25) is 0 Å². The van der Waals surface area contributed by atoms with Gasteiger partial charge in [0.05, 0.1) is 0 Å². The van der Waals surface area contributed by atoms with Crippen molar-refractivity contribution < 1.29 is 8.78 Å². The highest BCUT2D eigenvalue weighted by atomic mass is 19.3. The van der Waals surface area contributed by atoms with Crippen LogP contribution in [-0.2, 0) is 0 Å². The third-order valence-corrected chi connectivity index (χ3v) is 1.63. The fourth-order valence-electron chi connectivity index (χ4n) is 1.12. The second-order valence-corrected chi connectivity index (χ2v) is 2.78. The van der Waals surface area contributed by atoms with Gasteiger partial charge in [-0.25, -0.2) is 8.78 Å². The van der Waals surface area contributed by atoms with Crippen LogP contribution in [0.4, 0.5) is 8.78 Å². The van der Waals surface area contributed by atoms with Crippen LogP contribution < -0.4 is 11.5 Å². The fraction of sp³-hybridized carbons (Fsp3) is 1.00. The van der Waals surface area contributed by atoms with Crippen LogP contribution in [0.25, 0.3) is 0 Å². The molecule has 0 aliphatic heterocycles. The van der Waals surface area contributed by atoms with Gasteiger partial charge in [0.15, 0.2) is 0 Å². The Morgan fingerprint density at radius 3 is 1.89 bits per heavy atom. The first-order valence-corrected chi connectivity index (χ1v) is 2.84. The highest BCUT2D eigenvalue weighted by Gasteiger charge is 2.53. The van der Waals surface area contributed by atoms with E-state index in [0.29, 0.717) is 0 Å². The first-order valence-electron chi connectivity index (χ1n) is 2.84. The maximum atomic E-state index is 12.1. The van der Waals surface area contributed by atoms with Gasteiger partial charge in [0.2, 0.25) is 0 Å². The van der Waals surface area contributed by atoms with E-state index in [2.05, 4.69) is 0 Å². The standard InChI is InChI=1S/C5H10F2N2/c6-5(7)1-4(9,2-5)3-8/h1-3,8-9H2. The minimum atomic E-state index is -2.55. The zero-order valence-electron chi connectivity index (χ0n) is 5.03. The Balaban J connectivity index is 2.41. The summed E-state index contributed by atoms with van der Waals surface area (Å²) in [5, 5.41) is 0. The molecule has 1 saturated carbocycles. The molecule has 0 aromatic heterocycles. The van der Waals surface area contributed by atoms with E-state index in [-0.39, 0.29) is 19.4 Å². The van der Waals surface area contributed by atoms with Gasteiger partial charge in [0.1, 0.15) is 0 Å². The monoisotopic (exact) mass is 136 g/mol. The van der Waals surface area contributed by atoms with Crippen LogP contribution in [0.1, 0.15) is 12.8 Å². The molecule has 0 amide bonds. The van der Waals surface area contributed by atoms with E-state index in [0.717, 1.165) is 0 Å². The van der Waals surface area contributed by atoms with Crippen LogP contribution in [0, 0.1) is 0 Å². The molecule has 0 radical (unpaired) electrons. The normalized spacial score (nSPS) is 29.3. The van der Waals surface area contributed by atoms with E-state index in [9.17, 15) is 8.78 Å². The van der Waals surface area contributed by atoms with Crippen molar-refractivity contribution in [2.75, 3.05) is 6.54 Å². The first-order chi connectivity index (χ1) is 3.97. The lowest BCUT2D eigenvalue weighted by Gasteiger charge is -2.43. The van der Waals surface area contributed by atoms with Crippen LogP contribution in [0.15, 0.2) is 0 Å². The molecular weight excluding hydrogens is 126 g/mol. The van der Waals surface area contributed by atoms with Crippen molar-refractivity contribution in [3.8, 4) is 0 Å². The second-order valence-electron chi connectivity index (χ2n) is 2.78. The largest absolute Gasteiger partial charge is 0.329 e. The molecule has 0 heterocycles. The summed E-state index contributed by atoms with van der Waals surface area (Å²) in [6.07, 6.45) is -0.507. The third-order valence-electron chi connectivity index (χ3n) is 1.63. The van der Waals surface area contributed by atoms with E-state index < -0.39 is 11.5 Å². The van der Waals surface area contributed by atoms with E-state index >= 15 is 0 Å². The van der Waals surface area contributed by atoms with Crippen molar-refractivity contribution in [3.05, 3.63) is 0 Å². The van der Waals surface area contributed by atoms with E-state index in [1.165, 1.54) is 0 Å². The molecule has 0 aromatic carbocycles. The third kappa shape index (κ3) is 1.19. The number of halogens is 2. The van der Waals surface area contributed by atoms with Crippen molar-refractivity contribution in [2.45, 2.75) is 24.3 Å². The summed E-state index contributed by atoms with van der Waals surface area (Å²) in [6.45, 7) is 0.155. The molecule has 1 aliphatic carbocycles. The lowest BCUT2D eigenvalue weighted by atomic mass is 9.74. The van der Waals surface area contributed by atoms with Gasteiger partial charge < -0.3 is 11.5 Å². The predicted octanol–water partition coefficient (Wildman–Crippen LogP) is 0.0717. The minimum absolute atomic E-state index is 0.155. The Hall–Kier alpha value is -0.220. The van der Waals surface area contributed by atoms with Crippen molar-refractivity contribution >= 4 is 0 Å². The molecule has 54 valence electrons. The molecule has 0 saturated heterocycles. The van der Waals surface area contributed by atoms with Gasteiger partial charge in [-0.3, -0.25) is 0 Å². The maximum absolute atomic E-state index is 12.1. The summed E-state index contributed by atoms with van der Waals surface area (Å²) in [6, 6.07) is 0. The molecule has 1 aliphatic rings. The van der Waals surface area contributed by atoms with E-state index in [1.54, 1.807) is 0 Å². The fourth-order valence-corrected chi connectivity index (χ4v) is 1.12. The molecule has 0 atom stereocenters. The SMILES string of the molecule is NCC1(N)CC(F)(F)C1. The summed E-state index contributed by atoms with van der Waals surface area (Å²) < 4.78 is 24.2. The number of hydrogen-bond acceptors (Lipinski definition) is 2. The van der Waals surface area contributed by atoms with Crippen molar-refractivity contribution in [3.63, 3.8) is 0 Å². The lowest BCUT2D eigenvalue weighted by Crippen LogP contribution is -2.62. The zero-order chi connectivity index (χ0) is 7.12. The number of nitrogens with two attached hydrogens (primary N) is 2.